The molecule has 0 bridgehead atoms. The first-order valence-electron chi connectivity index (χ1n) is 8.89. The Kier molecular flexibility index (Phi) is 6.00. The van der Waals surface area contributed by atoms with Crippen molar-refractivity contribution in [2.75, 3.05) is 27.3 Å². The van der Waals surface area contributed by atoms with E-state index in [0.717, 1.165) is 29.9 Å². The lowest BCUT2D eigenvalue weighted by molar-refractivity contribution is 0.0869. The first kappa shape index (κ1) is 18.1. The van der Waals surface area contributed by atoms with Gasteiger partial charge in [-0.15, -0.1) is 0 Å². The van der Waals surface area contributed by atoms with Crippen molar-refractivity contribution in [3.63, 3.8) is 0 Å². The zero-order chi connectivity index (χ0) is 18.4. The SMILES string of the molecule is COc1ccc(C2CCN(C(=O)OCc3ccccc3)CC2)c(OC)c1. The zero-order valence-electron chi connectivity index (χ0n) is 15.3. The zero-order valence-corrected chi connectivity index (χ0v) is 15.3. The van der Waals surface area contributed by atoms with Gasteiger partial charge < -0.3 is 19.1 Å². The molecule has 1 saturated heterocycles. The van der Waals surface area contributed by atoms with E-state index in [0.29, 0.717) is 25.6 Å². The summed E-state index contributed by atoms with van der Waals surface area (Å²) in [7, 11) is 3.32. The Bertz CT molecular complexity index is 724. The number of nitrogens with zero attached hydrogens (tertiary/aromatic N) is 1. The smallest absolute Gasteiger partial charge is 0.410 e. The van der Waals surface area contributed by atoms with Gasteiger partial charge >= 0.3 is 6.09 Å². The number of hydrogen-bond acceptors (Lipinski definition) is 4. The van der Waals surface area contributed by atoms with E-state index in [4.69, 9.17) is 14.2 Å². The fourth-order valence-corrected chi connectivity index (χ4v) is 3.34. The van der Waals surface area contributed by atoms with Gasteiger partial charge in [-0.25, -0.2) is 4.79 Å². The standard InChI is InChI=1S/C21H25NO4/c1-24-18-8-9-19(20(14-18)25-2)17-10-12-22(13-11-17)21(23)26-15-16-6-4-3-5-7-16/h3-9,14,17H,10-13,15H2,1-2H3. The molecule has 0 unspecified atom stereocenters. The molecule has 1 aliphatic rings. The average Bonchev–Trinajstić information content (AvgIpc) is 2.72. The first-order chi connectivity index (χ1) is 12.7. The van der Waals surface area contributed by atoms with Crippen molar-refractivity contribution in [3.05, 3.63) is 59.7 Å². The maximum Gasteiger partial charge on any atom is 0.410 e. The third-order valence-electron chi connectivity index (χ3n) is 4.84. The molecule has 2 aromatic rings. The number of ether oxygens (including phenoxy) is 3. The predicted molar refractivity (Wildman–Crippen MR) is 99.7 cm³/mol. The van der Waals surface area contributed by atoms with Gasteiger partial charge in [0.2, 0.25) is 0 Å². The summed E-state index contributed by atoms with van der Waals surface area (Å²) in [5, 5.41) is 0. The maximum atomic E-state index is 12.3. The summed E-state index contributed by atoms with van der Waals surface area (Å²) in [6, 6.07) is 15.7. The Labute approximate surface area is 154 Å². The van der Waals surface area contributed by atoms with Crippen LogP contribution in [-0.2, 0) is 11.3 Å². The number of carbonyl (C=O) groups is 1. The number of carbonyl (C=O) groups excluding carboxylic acids is 1. The van der Waals surface area contributed by atoms with Crippen molar-refractivity contribution in [1.82, 2.24) is 4.90 Å². The molecule has 0 aliphatic carbocycles. The predicted octanol–water partition coefficient (Wildman–Crippen LogP) is 4.22. The lowest BCUT2D eigenvalue weighted by Crippen LogP contribution is -2.38. The Morgan fingerprint density at radius 3 is 2.42 bits per heavy atom. The highest BCUT2D eigenvalue weighted by Gasteiger charge is 2.26. The normalized spacial score (nSPS) is 14.8. The third kappa shape index (κ3) is 4.28. The van der Waals surface area contributed by atoms with Gasteiger partial charge in [0.1, 0.15) is 18.1 Å². The van der Waals surface area contributed by atoms with Crippen LogP contribution in [0.1, 0.15) is 29.9 Å². The highest BCUT2D eigenvalue weighted by atomic mass is 16.6. The lowest BCUT2D eigenvalue weighted by atomic mass is 9.89. The van der Waals surface area contributed by atoms with E-state index < -0.39 is 0 Å². The van der Waals surface area contributed by atoms with Crippen LogP contribution in [0.25, 0.3) is 0 Å². The van der Waals surface area contributed by atoms with Crippen LogP contribution in [-0.4, -0.2) is 38.3 Å². The second-order valence-corrected chi connectivity index (χ2v) is 6.41. The maximum absolute atomic E-state index is 12.3. The van der Waals surface area contributed by atoms with E-state index in [2.05, 4.69) is 6.07 Å². The third-order valence-corrected chi connectivity index (χ3v) is 4.84. The summed E-state index contributed by atoms with van der Waals surface area (Å²) in [6.07, 6.45) is 1.54. The Morgan fingerprint density at radius 2 is 1.77 bits per heavy atom. The van der Waals surface area contributed by atoms with E-state index in [1.54, 1.807) is 19.1 Å². The molecule has 0 N–H and O–H groups in total. The van der Waals surface area contributed by atoms with Gasteiger partial charge in [-0.05, 0) is 36.0 Å². The van der Waals surface area contributed by atoms with Gasteiger partial charge in [-0.3, -0.25) is 0 Å². The molecule has 0 spiro atoms. The highest BCUT2D eigenvalue weighted by Crippen LogP contribution is 2.36. The molecule has 0 saturated carbocycles. The second-order valence-electron chi connectivity index (χ2n) is 6.41. The van der Waals surface area contributed by atoms with Crippen molar-refractivity contribution < 1.29 is 19.0 Å². The molecule has 0 radical (unpaired) electrons. The molecule has 1 aliphatic heterocycles. The number of rotatable bonds is 5. The molecule has 1 fully saturated rings. The van der Waals surface area contributed by atoms with Crippen molar-refractivity contribution in [2.24, 2.45) is 0 Å². The van der Waals surface area contributed by atoms with E-state index >= 15 is 0 Å². The van der Waals surface area contributed by atoms with Crippen molar-refractivity contribution in [3.8, 4) is 11.5 Å². The number of hydrogen-bond donors (Lipinski definition) is 0. The molecule has 5 heteroatoms. The average molecular weight is 355 g/mol. The Morgan fingerprint density at radius 1 is 1.04 bits per heavy atom. The molecule has 2 aromatic carbocycles. The number of piperidine rings is 1. The van der Waals surface area contributed by atoms with Crippen LogP contribution < -0.4 is 9.47 Å². The van der Waals surface area contributed by atoms with Crippen LogP contribution in [0, 0.1) is 0 Å². The molecule has 1 heterocycles. The molecule has 5 nitrogen and oxygen atoms in total. The number of methoxy groups -OCH3 is 2. The van der Waals surface area contributed by atoms with Crippen molar-refractivity contribution in [1.29, 1.82) is 0 Å². The fourth-order valence-electron chi connectivity index (χ4n) is 3.34. The summed E-state index contributed by atoms with van der Waals surface area (Å²) in [6.45, 7) is 1.69. The topological polar surface area (TPSA) is 48.0 Å². The van der Waals surface area contributed by atoms with Crippen LogP contribution in [0.5, 0.6) is 11.5 Å². The Balaban J connectivity index is 1.55. The highest BCUT2D eigenvalue weighted by molar-refractivity contribution is 5.67. The van der Waals surface area contributed by atoms with Crippen LogP contribution in [0.2, 0.25) is 0 Å². The van der Waals surface area contributed by atoms with Gasteiger partial charge in [0.25, 0.3) is 0 Å². The summed E-state index contributed by atoms with van der Waals surface area (Å²) in [5.41, 5.74) is 2.17. The van der Waals surface area contributed by atoms with Crippen LogP contribution >= 0.6 is 0 Å². The first-order valence-corrected chi connectivity index (χ1v) is 8.89. The fraction of sp³-hybridized carbons (Fsp3) is 0.381. The summed E-state index contributed by atoms with van der Waals surface area (Å²) in [4.78, 5) is 14.1. The molecule has 0 atom stereocenters. The minimum atomic E-state index is -0.242. The summed E-state index contributed by atoms with van der Waals surface area (Å²) >= 11 is 0. The van der Waals surface area contributed by atoms with E-state index in [1.165, 1.54) is 5.56 Å². The number of benzene rings is 2. The van der Waals surface area contributed by atoms with Crippen molar-refractivity contribution >= 4 is 6.09 Å². The number of likely N-dealkylation sites (tertiary alicyclic amines) is 1. The molecular formula is C21H25NO4. The van der Waals surface area contributed by atoms with Gasteiger partial charge in [0.15, 0.2) is 0 Å². The second kappa shape index (κ2) is 8.61. The minimum Gasteiger partial charge on any atom is -0.497 e. The molecule has 3 rings (SSSR count). The van der Waals surface area contributed by atoms with Crippen LogP contribution in [0.4, 0.5) is 4.79 Å². The molecular weight excluding hydrogens is 330 g/mol. The molecule has 0 aromatic heterocycles. The lowest BCUT2D eigenvalue weighted by Gasteiger charge is -2.32. The van der Waals surface area contributed by atoms with Gasteiger partial charge in [0, 0.05) is 19.2 Å². The van der Waals surface area contributed by atoms with E-state index in [1.807, 2.05) is 42.5 Å². The monoisotopic (exact) mass is 355 g/mol. The van der Waals surface area contributed by atoms with Gasteiger partial charge in [-0.2, -0.15) is 0 Å². The van der Waals surface area contributed by atoms with Crippen LogP contribution in [0.15, 0.2) is 48.5 Å². The van der Waals surface area contributed by atoms with Gasteiger partial charge in [0.05, 0.1) is 14.2 Å². The minimum absolute atomic E-state index is 0.242. The van der Waals surface area contributed by atoms with Crippen molar-refractivity contribution in [2.45, 2.75) is 25.4 Å². The van der Waals surface area contributed by atoms with E-state index in [-0.39, 0.29) is 6.09 Å². The van der Waals surface area contributed by atoms with Gasteiger partial charge in [-0.1, -0.05) is 36.4 Å². The molecule has 26 heavy (non-hydrogen) atoms. The Hall–Kier alpha value is -2.69. The number of amides is 1. The largest absolute Gasteiger partial charge is 0.497 e. The van der Waals surface area contributed by atoms with E-state index in [9.17, 15) is 4.79 Å². The molecule has 138 valence electrons. The summed E-state index contributed by atoms with van der Waals surface area (Å²) < 4.78 is 16.2. The summed E-state index contributed by atoms with van der Waals surface area (Å²) in [5.74, 6) is 2.00. The quantitative estimate of drug-likeness (QED) is 0.806. The van der Waals surface area contributed by atoms with Crippen LogP contribution in [0.3, 0.4) is 0 Å². The molecule has 1 amide bonds.